The summed E-state index contributed by atoms with van der Waals surface area (Å²) < 4.78 is 19.5. The van der Waals surface area contributed by atoms with E-state index in [0.717, 1.165) is 16.3 Å². The zero-order valence-electron chi connectivity index (χ0n) is 11.9. The molecule has 1 heterocycles. The molecule has 3 nitrogen and oxygen atoms in total. The van der Waals surface area contributed by atoms with Crippen LogP contribution in [0.2, 0.25) is 0 Å². The van der Waals surface area contributed by atoms with Crippen LogP contribution in [0.15, 0.2) is 23.6 Å². The highest BCUT2D eigenvalue weighted by Gasteiger charge is 2.11. The molecule has 5 heteroatoms. The highest BCUT2D eigenvalue weighted by Crippen LogP contribution is 2.24. The summed E-state index contributed by atoms with van der Waals surface area (Å²) >= 11 is 1.52. The molecular formula is C15H19FN2OS. The molecule has 0 saturated heterocycles. The second-order valence-corrected chi connectivity index (χ2v) is 5.88. The van der Waals surface area contributed by atoms with Crippen molar-refractivity contribution < 1.29 is 9.13 Å². The topological polar surface area (TPSA) is 34.1 Å². The van der Waals surface area contributed by atoms with E-state index in [0.29, 0.717) is 24.9 Å². The zero-order chi connectivity index (χ0) is 14.5. The first kappa shape index (κ1) is 14.9. The number of thiazole rings is 1. The monoisotopic (exact) mass is 294 g/mol. The van der Waals surface area contributed by atoms with Crippen LogP contribution in [0.5, 0.6) is 5.75 Å². The van der Waals surface area contributed by atoms with Crippen molar-refractivity contribution in [2.45, 2.75) is 40.0 Å². The number of nitrogens with zero attached hydrogens (tertiary/aromatic N) is 1. The number of halogens is 1. The summed E-state index contributed by atoms with van der Waals surface area (Å²) in [6, 6.07) is 5.34. The Bertz CT molecular complexity index is 569. The van der Waals surface area contributed by atoms with Gasteiger partial charge in [0.1, 0.15) is 11.6 Å². The van der Waals surface area contributed by atoms with Crippen LogP contribution in [-0.4, -0.2) is 11.0 Å². The van der Waals surface area contributed by atoms with Gasteiger partial charge in [-0.1, -0.05) is 26.0 Å². The van der Waals surface area contributed by atoms with Gasteiger partial charge >= 0.3 is 0 Å². The van der Waals surface area contributed by atoms with Crippen LogP contribution in [0.3, 0.4) is 0 Å². The summed E-state index contributed by atoms with van der Waals surface area (Å²) in [4.78, 5) is 4.31. The van der Waals surface area contributed by atoms with E-state index in [1.54, 1.807) is 6.07 Å². The third-order valence-electron chi connectivity index (χ3n) is 2.76. The van der Waals surface area contributed by atoms with Crippen molar-refractivity contribution in [3.8, 4) is 5.75 Å². The summed E-state index contributed by atoms with van der Waals surface area (Å²) in [6.07, 6.45) is 0. The Hall–Kier alpha value is -1.46. The normalized spacial score (nSPS) is 11.1. The number of hydrogen-bond donors (Lipinski definition) is 1. The quantitative estimate of drug-likeness (QED) is 0.882. The Morgan fingerprint density at radius 2 is 2.20 bits per heavy atom. The molecule has 0 amide bonds. The van der Waals surface area contributed by atoms with Crippen molar-refractivity contribution in [3.05, 3.63) is 45.7 Å². The molecule has 2 rings (SSSR count). The van der Waals surface area contributed by atoms with Gasteiger partial charge in [-0.3, -0.25) is 0 Å². The molecule has 0 aliphatic rings. The number of rotatable bonds is 6. The highest BCUT2D eigenvalue weighted by atomic mass is 32.1. The number of ether oxygens (including phenoxy) is 1. The van der Waals surface area contributed by atoms with Crippen LogP contribution in [0.1, 0.15) is 30.1 Å². The number of aryl methyl sites for hydroxylation is 1. The second kappa shape index (κ2) is 6.81. The molecule has 0 atom stereocenters. The largest absolute Gasteiger partial charge is 0.483 e. The molecule has 1 aromatic carbocycles. The molecule has 108 valence electrons. The molecule has 0 radical (unpaired) electrons. The van der Waals surface area contributed by atoms with Crippen LogP contribution in [0.4, 0.5) is 4.39 Å². The lowest BCUT2D eigenvalue weighted by atomic mass is 10.2. The van der Waals surface area contributed by atoms with Crippen molar-refractivity contribution >= 4 is 11.3 Å². The van der Waals surface area contributed by atoms with Gasteiger partial charge in [0.2, 0.25) is 0 Å². The van der Waals surface area contributed by atoms with E-state index in [1.807, 2.05) is 18.4 Å². The summed E-state index contributed by atoms with van der Waals surface area (Å²) in [5.41, 5.74) is 1.79. The van der Waals surface area contributed by atoms with Gasteiger partial charge in [0, 0.05) is 29.2 Å². The first-order valence-electron chi connectivity index (χ1n) is 6.61. The molecule has 0 aliphatic heterocycles. The van der Waals surface area contributed by atoms with Gasteiger partial charge < -0.3 is 10.1 Å². The first-order valence-corrected chi connectivity index (χ1v) is 7.49. The summed E-state index contributed by atoms with van der Waals surface area (Å²) in [5.74, 6) is -0.0187. The minimum absolute atomic E-state index is 0.300. The average Bonchev–Trinajstić information content (AvgIpc) is 2.81. The van der Waals surface area contributed by atoms with Crippen LogP contribution in [-0.2, 0) is 13.2 Å². The number of benzene rings is 1. The molecule has 0 fully saturated rings. The van der Waals surface area contributed by atoms with Crippen molar-refractivity contribution in [2.24, 2.45) is 0 Å². The van der Waals surface area contributed by atoms with E-state index in [-0.39, 0.29) is 5.82 Å². The minimum Gasteiger partial charge on any atom is -0.483 e. The van der Waals surface area contributed by atoms with Crippen molar-refractivity contribution in [1.29, 1.82) is 0 Å². The highest BCUT2D eigenvalue weighted by molar-refractivity contribution is 7.09. The Kier molecular flexibility index (Phi) is 5.09. The fourth-order valence-electron chi connectivity index (χ4n) is 1.77. The number of para-hydroxylation sites is 1. The molecule has 0 unspecified atom stereocenters. The Morgan fingerprint density at radius 3 is 2.85 bits per heavy atom. The zero-order valence-corrected chi connectivity index (χ0v) is 12.8. The second-order valence-electron chi connectivity index (χ2n) is 4.93. The average molecular weight is 294 g/mol. The Labute approximate surface area is 122 Å². The van der Waals surface area contributed by atoms with E-state index in [4.69, 9.17) is 4.74 Å². The van der Waals surface area contributed by atoms with E-state index >= 15 is 0 Å². The predicted molar refractivity (Wildman–Crippen MR) is 79.6 cm³/mol. The van der Waals surface area contributed by atoms with Crippen molar-refractivity contribution in [2.75, 3.05) is 0 Å². The van der Waals surface area contributed by atoms with Crippen LogP contribution in [0.25, 0.3) is 0 Å². The maximum atomic E-state index is 13.9. The van der Waals surface area contributed by atoms with Gasteiger partial charge in [0.05, 0.1) is 0 Å². The van der Waals surface area contributed by atoms with E-state index < -0.39 is 0 Å². The lowest BCUT2D eigenvalue weighted by Gasteiger charge is -2.13. The smallest absolute Gasteiger partial charge is 0.165 e. The van der Waals surface area contributed by atoms with Gasteiger partial charge in [-0.2, -0.15) is 0 Å². The van der Waals surface area contributed by atoms with E-state index in [9.17, 15) is 4.39 Å². The van der Waals surface area contributed by atoms with Crippen LogP contribution in [0, 0.1) is 12.7 Å². The Morgan fingerprint density at radius 1 is 1.40 bits per heavy atom. The SMILES string of the molecule is Cc1csc(COc2c(F)cccc2CNC(C)C)n1. The van der Waals surface area contributed by atoms with Crippen molar-refractivity contribution in [3.63, 3.8) is 0 Å². The van der Waals surface area contributed by atoms with Crippen molar-refractivity contribution in [1.82, 2.24) is 10.3 Å². The third-order valence-corrected chi connectivity index (χ3v) is 3.70. The lowest BCUT2D eigenvalue weighted by molar-refractivity contribution is 0.285. The van der Waals surface area contributed by atoms with Gasteiger partial charge in [-0.15, -0.1) is 11.3 Å². The molecule has 0 aliphatic carbocycles. The molecule has 20 heavy (non-hydrogen) atoms. The Balaban J connectivity index is 2.08. The summed E-state index contributed by atoms with van der Waals surface area (Å²) in [7, 11) is 0. The van der Waals surface area contributed by atoms with E-state index in [2.05, 4.69) is 24.1 Å². The maximum Gasteiger partial charge on any atom is 0.165 e. The lowest BCUT2D eigenvalue weighted by Crippen LogP contribution is -2.22. The molecule has 0 spiro atoms. The summed E-state index contributed by atoms with van der Waals surface area (Å²) in [6.45, 7) is 6.92. The van der Waals surface area contributed by atoms with Crippen LogP contribution >= 0.6 is 11.3 Å². The van der Waals surface area contributed by atoms with Gasteiger partial charge in [-0.05, 0) is 13.0 Å². The molecule has 0 saturated carbocycles. The molecular weight excluding hydrogens is 275 g/mol. The first-order chi connectivity index (χ1) is 9.56. The van der Waals surface area contributed by atoms with Crippen LogP contribution < -0.4 is 10.1 Å². The van der Waals surface area contributed by atoms with Gasteiger partial charge in [0.15, 0.2) is 11.6 Å². The molecule has 1 N–H and O–H groups in total. The molecule has 1 aromatic heterocycles. The molecule has 0 bridgehead atoms. The number of nitrogens with one attached hydrogen (secondary N) is 1. The number of hydrogen-bond acceptors (Lipinski definition) is 4. The molecule has 2 aromatic rings. The predicted octanol–water partition coefficient (Wildman–Crippen LogP) is 3.67. The number of aromatic nitrogens is 1. The maximum absolute atomic E-state index is 13.9. The third kappa shape index (κ3) is 4.02. The standard InChI is InChI=1S/C15H19FN2OS/c1-10(2)17-7-12-5-4-6-13(16)15(12)19-8-14-18-11(3)9-20-14/h4-6,9-10,17H,7-8H2,1-3H3. The summed E-state index contributed by atoms with van der Waals surface area (Å²) in [5, 5.41) is 6.09. The van der Waals surface area contributed by atoms with Gasteiger partial charge in [0.25, 0.3) is 0 Å². The van der Waals surface area contributed by atoms with Gasteiger partial charge in [-0.25, -0.2) is 9.37 Å². The minimum atomic E-state index is -0.332. The fraction of sp³-hybridized carbons (Fsp3) is 0.400. The van der Waals surface area contributed by atoms with E-state index in [1.165, 1.54) is 17.4 Å². The fourth-order valence-corrected chi connectivity index (χ4v) is 2.45.